The fraction of sp³-hybridized carbons (Fsp3) is 0.250. The molecule has 17 heavy (non-hydrogen) atoms. The molecule has 0 aliphatic rings. The van der Waals surface area contributed by atoms with Crippen LogP contribution >= 0.6 is 43.2 Å². The van der Waals surface area contributed by atoms with E-state index in [2.05, 4.69) is 59.3 Å². The number of aryl methyl sites for hydroxylation is 1. The number of rotatable bonds is 3. The zero-order valence-corrected chi connectivity index (χ0v) is 13.6. The van der Waals surface area contributed by atoms with Crippen LogP contribution in [-0.4, -0.2) is 12.0 Å². The fourth-order valence-electron chi connectivity index (χ4n) is 1.58. The molecule has 0 aliphatic carbocycles. The molecule has 2 nitrogen and oxygen atoms in total. The molecule has 90 valence electrons. The summed E-state index contributed by atoms with van der Waals surface area (Å²) >= 11 is 8.74. The van der Waals surface area contributed by atoms with Gasteiger partial charge in [-0.1, -0.05) is 0 Å². The van der Waals surface area contributed by atoms with Gasteiger partial charge in [0.05, 0.1) is 8.26 Å². The molecule has 2 aromatic rings. The Morgan fingerprint density at radius 3 is 2.71 bits per heavy atom. The molecule has 0 unspecified atom stereocenters. The van der Waals surface area contributed by atoms with Gasteiger partial charge in [0.2, 0.25) is 0 Å². The molecular formula is C12H12Br2N2S. The maximum atomic E-state index is 4.45. The molecule has 0 amide bonds. The van der Waals surface area contributed by atoms with Crippen molar-refractivity contribution in [1.82, 2.24) is 4.98 Å². The van der Waals surface area contributed by atoms with E-state index in [1.165, 1.54) is 5.56 Å². The van der Waals surface area contributed by atoms with Gasteiger partial charge in [-0.25, -0.2) is 4.98 Å². The molecule has 2 rings (SSSR count). The van der Waals surface area contributed by atoms with E-state index in [1.807, 2.05) is 20.2 Å². The van der Waals surface area contributed by atoms with Crippen molar-refractivity contribution in [2.24, 2.45) is 0 Å². The number of hydrogen-bond acceptors (Lipinski definition) is 3. The van der Waals surface area contributed by atoms with Crippen LogP contribution in [0.1, 0.15) is 11.1 Å². The molecule has 0 aromatic carbocycles. The highest BCUT2D eigenvalue weighted by molar-refractivity contribution is 9.11. The first-order valence-corrected chi connectivity index (χ1v) is 7.59. The van der Waals surface area contributed by atoms with Crippen LogP contribution in [0.15, 0.2) is 32.0 Å². The number of anilines is 1. The minimum atomic E-state index is 0.858. The molecule has 2 aromatic heterocycles. The van der Waals surface area contributed by atoms with Crippen LogP contribution in [0.2, 0.25) is 0 Å². The number of thiophene rings is 1. The highest BCUT2D eigenvalue weighted by Crippen LogP contribution is 2.26. The predicted octanol–water partition coefficient (Wildman–Crippen LogP) is 4.61. The van der Waals surface area contributed by atoms with Crippen LogP contribution in [0.5, 0.6) is 0 Å². The van der Waals surface area contributed by atoms with Gasteiger partial charge in [0.1, 0.15) is 5.82 Å². The Balaban J connectivity index is 2.17. The van der Waals surface area contributed by atoms with Crippen molar-refractivity contribution in [2.45, 2.75) is 13.5 Å². The van der Waals surface area contributed by atoms with Gasteiger partial charge in [-0.05, 0) is 67.4 Å². The Kier molecular flexibility index (Phi) is 4.22. The van der Waals surface area contributed by atoms with Gasteiger partial charge >= 0.3 is 0 Å². The second-order valence-corrected chi connectivity index (χ2v) is 7.08. The molecule has 0 aliphatic heterocycles. The summed E-state index contributed by atoms with van der Waals surface area (Å²) in [7, 11) is 2.05. The lowest BCUT2D eigenvalue weighted by molar-refractivity contribution is 0.896. The molecular weight excluding hydrogens is 364 g/mol. The maximum Gasteiger partial charge on any atom is 0.142 e. The summed E-state index contributed by atoms with van der Waals surface area (Å²) in [6, 6.07) is 4.23. The van der Waals surface area contributed by atoms with E-state index in [-0.39, 0.29) is 0 Å². The fourth-order valence-corrected chi connectivity index (χ4v) is 3.55. The van der Waals surface area contributed by atoms with Crippen molar-refractivity contribution < 1.29 is 0 Å². The number of halogens is 2. The second kappa shape index (κ2) is 5.50. The van der Waals surface area contributed by atoms with Crippen LogP contribution in [0.25, 0.3) is 0 Å². The Morgan fingerprint density at radius 2 is 2.12 bits per heavy atom. The van der Waals surface area contributed by atoms with Gasteiger partial charge in [-0.2, -0.15) is 0 Å². The van der Waals surface area contributed by atoms with Crippen molar-refractivity contribution in [3.8, 4) is 0 Å². The average Bonchev–Trinajstić information content (AvgIpc) is 2.63. The molecule has 0 saturated heterocycles. The third kappa shape index (κ3) is 3.30. The summed E-state index contributed by atoms with van der Waals surface area (Å²) in [5.74, 6) is 0.970. The van der Waals surface area contributed by atoms with E-state index >= 15 is 0 Å². The van der Waals surface area contributed by atoms with Crippen molar-refractivity contribution >= 4 is 49.0 Å². The summed E-state index contributed by atoms with van der Waals surface area (Å²) < 4.78 is 2.20. The van der Waals surface area contributed by atoms with Crippen molar-refractivity contribution in [1.29, 1.82) is 0 Å². The van der Waals surface area contributed by atoms with E-state index in [0.717, 1.165) is 26.2 Å². The number of nitrogens with zero attached hydrogens (tertiary/aromatic N) is 2. The zero-order valence-electron chi connectivity index (χ0n) is 9.58. The molecule has 0 fully saturated rings. The summed E-state index contributed by atoms with van der Waals surface area (Å²) in [6.07, 6.45) is 1.89. The Morgan fingerprint density at radius 1 is 1.35 bits per heavy atom. The maximum absolute atomic E-state index is 4.45. The van der Waals surface area contributed by atoms with Gasteiger partial charge in [-0.3, -0.25) is 0 Å². The molecule has 0 radical (unpaired) electrons. The molecule has 0 spiro atoms. The van der Waals surface area contributed by atoms with Crippen LogP contribution in [-0.2, 0) is 6.54 Å². The molecule has 5 heteroatoms. The summed E-state index contributed by atoms with van der Waals surface area (Å²) in [5, 5.41) is 2.16. The zero-order chi connectivity index (χ0) is 12.4. The lowest BCUT2D eigenvalue weighted by Gasteiger charge is -2.19. The highest BCUT2D eigenvalue weighted by Gasteiger charge is 2.09. The van der Waals surface area contributed by atoms with Gasteiger partial charge < -0.3 is 4.90 Å². The third-order valence-electron chi connectivity index (χ3n) is 2.36. The molecule has 0 bridgehead atoms. The van der Waals surface area contributed by atoms with Crippen LogP contribution in [0, 0.1) is 6.92 Å². The van der Waals surface area contributed by atoms with Gasteiger partial charge in [0, 0.05) is 19.8 Å². The number of aromatic nitrogens is 1. The quantitative estimate of drug-likeness (QED) is 0.778. The summed E-state index contributed by atoms with van der Waals surface area (Å²) in [5.41, 5.74) is 2.45. The van der Waals surface area contributed by atoms with E-state index in [9.17, 15) is 0 Å². The first-order chi connectivity index (χ1) is 8.06. The minimum absolute atomic E-state index is 0.858. The first kappa shape index (κ1) is 13.1. The largest absolute Gasteiger partial charge is 0.354 e. The summed E-state index contributed by atoms with van der Waals surface area (Å²) in [6.45, 7) is 2.90. The van der Waals surface area contributed by atoms with E-state index in [1.54, 1.807) is 11.3 Å². The first-order valence-electron chi connectivity index (χ1n) is 5.12. The average molecular weight is 376 g/mol. The Labute approximate surface area is 122 Å². The number of hydrogen-bond donors (Lipinski definition) is 0. The monoisotopic (exact) mass is 374 g/mol. The lowest BCUT2D eigenvalue weighted by atomic mass is 10.3. The lowest BCUT2D eigenvalue weighted by Crippen LogP contribution is -2.17. The Hall–Kier alpha value is -0.390. The van der Waals surface area contributed by atoms with Gasteiger partial charge in [-0.15, -0.1) is 11.3 Å². The highest BCUT2D eigenvalue weighted by atomic mass is 79.9. The molecule has 0 saturated carbocycles. The van der Waals surface area contributed by atoms with Gasteiger partial charge in [0.25, 0.3) is 0 Å². The third-order valence-corrected chi connectivity index (χ3v) is 4.50. The van der Waals surface area contributed by atoms with Gasteiger partial charge in [0.15, 0.2) is 0 Å². The predicted molar refractivity (Wildman–Crippen MR) is 80.8 cm³/mol. The van der Waals surface area contributed by atoms with E-state index in [0.29, 0.717) is 0 Å². The minimum Gasteiger partial charge on any atom is -0.354 e. The standard InChI is InChI=1S/C12H12Br2N2S/c1-8-3-10(13)12(15-5-8)16(2)6-9-4-11(14)17-7-9/h3-5,7H,6H2,1-2H3. The van der Waals surface area contributed by atoms with Crippen molar-refractivity contribution in [3.05, 3.63) is 43.1 Å². The van der Waals surface area contributed by atoms with Crippen LogP contribution < -0.4 is 4.90 Å². The van der Waals surface area contributed by atoms with Crippen molar-refractivity contribution in [3.63, 3.8) is 0 Å². The smallest absolute Gasteiger partial charge is 0.142 e. The summed E-state index contributed by atoms with van der Waals surface area (Å²) in [4.78, 5) is 6.59. The second-order valence-electron chi connectivity index (χ2n) is 3.93. The topological polar surface area (TPSA) is 16.1 Å². The Bertz CT molecular complexity index is 525. The van der Waals surface area contributed by atoms with Crippen LogP contribution in [0.4, 0.5) is 5.82 Å². The van der Waals surface area contributed by atoms with Crippen LogP contribution in [0.3, 0.4) is 0 Å². The molecule has 0 atom stereocenters. The normalized spacial score (nSPS) is 10.6. The van der Waals surface area contributed by atoms with Crippen molar-refractivity contribution in [2.75, 3.05) is 11.9 Å². The van der Waals surface area contributed by atoms with E-state index < -0.39 is 0 Å². The molecule has 0 N–H and O–H groups in total. The van der Waals surface area contributed by atoms with E-state index in [4.69, 9.17) is 0 Å². The molecule has 2 heterocycles. The SMILES string of the molecule is Cc1cnc(N(C)Cc2csc(Br)c2)c(Br)c1. The number of pyridine rings is 1.